The Balaban J connectivity index is 3.78. The molecule has 0 saturated carbocycles. The molecule has 0 amide bonds. The van der Waals surface area contributed by atoms with Gasteiger partial charge in [-0.05, 0) is 57.8 Å². The molecule has 0 saturated heterocycles. The summed E-state index contributed by atoms with van der Waals surface area (Å²) in [6.07, 6.45) is 15.2. The lowest BCUT2D eigenvalue weighted by atomic mass is 10.2. The van der Waals surface area contributed by atoms with Crippen LogP contribution in [0.25, 0.3) is 0 Å². The topological polar surface area (TPSA) is 27.7 Å². The van der Waals surface area contributed by atoms with Gasteiger partial charge in [0, 0.05) is 19.8 Å². The van der Waals surface area contributed by atoms with Gasteiger partial charge in [0.2, 0.25) is 0 Å². The minimum atomic E-state index is -0.531. The van der Waals surface area contributed by atoms with Crippen LogP contribution < -0.4 is 0 Å². The SMILES string of the molecule is C=CCCCCOB(OCCCCC=C)OCCCCC=C. The molecule has 0 aromatic heterocycles. The average molecular weight is 308 g/mol. The zero-order chi connectivity index (χ0) is 16.3. The lowest BCUT2D eigenvalue weighted by Gasteiger charge is -2.14. The first-order valence-electron chi connectivity index (χ1n) is 8.52. The zero-order valence-corrected chi connectivity index (χ0v) is 14.1. The summed E-state index contributed by atoms with van der Waals surface area (Å²) in [4.78, 5) is 0. The van der Waals surface area contributed by atoms with E-state index in [0.717, 1.165) is 57.8 Å². The predicted molar refractivity (Wildman–Crippen MR) is 95.8 cm³/mol. The van der Waals surface area contributed by atoms with E-state index in [1.807, 2.05) is 18.2 Å². The number of unbranched alkanes of at least 4 members (excludes halogenated alkanes) is 6. The Hall–Kier alpha value is -0.835. The number of hydrogen-bond acceptors (Lipinski definition) is 3. The summed E-state index contributed by atoms with van der Waals surface area (Å²) >= 11 is 0. The summed E-state index contributed by atoms with van der Waals surface area (Å²) in [5, 5.41) is 0. The fourth-order valence-electron chi connectivity index (χ4n) is 1.86. The van der Waals surface area contributed by atoms with E-state index >= 15 is 0 Å². The van der Waals surface area contributed by atoms with Gasteiger partial charge in [0.05, 0.1) is 0 Å². The zero-order valence-electron chi connectivity index (χ0n) is 14.1. The standard InChI is InChI=1S/C18H33BO3/c1-4-7-10-13-16-20-19(21-17-14-11-8-5-2)22-18-15-12-9-6-3/h4-6H,1-3,7-18H2. The molecular formula is C18H33BO3. The first-order valence-corrected chi connectivity index (χ1v) is 8.52. The first kappa shape index (κ1) is 21.2. The second kappa shape index (κ2) is 18.2. The van der Waals surface area contributed by atoms with Crippen molar-refractivity contribution in [2.75, 3.05) is 19.8 Å². The van der Waals surface area contributed by atoms with Crippen molar-refractivity contribution < 1.29 is 14.0 Å². The summed E-state index contributed by atoms with van der Waals surface area (Å²) in [6, 6.07) is 0. The minimum Gasteiger partial charge on any atom is -0.386 e. The highest BCUT2D eigenvalue weighted by Gasteiger charge is 2.20. The molecule has 0 aromatic rings. The lowest BCUT2D eigenvalue weighted by Crippen LogP contribution is -2.28. The van der Waals surface area contributed by atoms with Gasteiger partial charge in [-0.1, -0.05) is 18.2 Å². The highest BCUT2D eigenvalue weighted by Crippen LogP contribution is 2.04. The molecule has 0 fully saturated rings. The highest BCUT2D eigenvalue weighted by atomic mass is 16.7. The second-order valence-corrected chi connectivity index (χ2v) is 5.25. The highest BCUT2D eigenvalue weighted by molar-refractivity contribution is 6.36. The monoisotopic (exact) mass is 308 g/mol. The average Bonchev–Trinajstić information content (AvgIpc) is 2.53. The molecule has 0 unspecified atom stereocenters. The van der Waals surface area contributed by atoms with E-state index in [9.17, 15) is 0 Å². The Morgan fingerprint density at radius 2 is 0.864 bits per heavy atom. The van der Waals surface area contributed by atoms with Crippen molar-refractivity contribution in [1.82, 2.24) is 0 Å². The molecule has 0 aliphatic carbocycles. The van der Waals surface area contributed by atoms with Crippen LogP contribution in [0.15, 0.2) is 38.0 Å². The Kier molecular flexibility index (Phi) is 17.5. The van der Waals surface area contributed by atoms with Crippen molar-refractivity contribution >= 4 is 7.32 Å². The molecule has 4 heteroatoms. The van der Waals surface area contributed by atoms with E-state index in [0.29, 0.717) is 19.8 Å². The van der Waals surface area contributed by atoms with Gasteiger partial charge in [-0.3, -0.25) is 0 Å². The molecule has 0 bridgehead atoms. The van der Waals surface area contributed by atoms with Crippen LogP contribution in [-0.4, -0.2) is 27.1 Å². The van der Waals surface area contributed by atoms with Crippen LogP contribution in [0.2, 0.25) is 0 Å². The molecule has 0 heterocycles. The smallest absolute Gasteiger partial charge is 0.386 e. The third-order valence-electron chi connectivity index (χ3n) is 3.17. The molecule has 0 N–H and O–H groups in total. The van der Waals surface area contributed by atoms with Crippen LogP contribution in [0, 0.1) is 0 Å². The number of rotatable bonds is 18. The second-order valence-electron chi connectivity index (χ2n) is 5.25. The maximum absolute atomic E-state index is 5.68. The molecule has 0 atom stereocenters. The molecule has 22 heavy (non-hydrogen) atoms. The number of allylic oxidation sites excluding steroid dienone is 3. The van der Waals surface area contributed by atoms with Crippen molar-refractivity contribution in [3.63, 3.8) is 0 Å². The van der Waals surface area contributed by atoms with Crippen LogP contribution in [0.1, 0.15) is 57.8 Å². The Morgan fingerprint density at radius 1 is 0.545 bits per heavy atom. The molecule has 0 aliphatic heterocycles. The van der Waals surface area contributed by atoms with Gasteiger partial charge in [0.15, 0.2) is 0 Å². The summed E-state index contributed by atoms with van der Waals surface area (Å²) in [6.45, 7) is 13.2. The molecular weight excluding hydrogens is 275 g/mol. The Bertz CT molecular complexity index is 226. The number of hydrogen-bond donors (Lipinski definition) is 0. The van der Waals surface area contributed by atoms with Crippen molar-refractivity contribution in [3.05, 3.63) is 38.0 Å². The van der Waals surface area contributed by atoms with Crippen LogP contribution in [0.4, 0.5) is 0 Å². The first-order chi connectivity index (χ1) is 10.8. The van der Waals surface area contributed by atoms with Crippen molar-refractivity contribution in [2.24, 2.45) is 0 Å². The normalized spacial score (nSPS) is 10.4. The summed E-state index contributed by atoms with van der Waals surface area (Å²) in [7, 11) is -0.531. The third kappa shape index (κ3) is 15.6. The fraction of sp³-hybridized carbons (Fsp3) is 0.667. The molecule has 0 aromatic carbocycles. The van der Waals surface area contributed by atoms with Crippen LogP contribution >= 0.6 is 0 Å². The summed E-state index contributed by atoms with van der Waals surface area (Å²) in [5.74, 6) is 0. The lowest BCUT2D eigenvalue weighted by molar-refractivity contribution is 0.0892. The van der Waals surface area contributed by atoms with Gasteiger partial charge in [0.1, 0.15) is 0 Å². The van der Waals surface area contributed by atoms with E-state index in [4.69, 9.17) is 14.0 Å². The van der Waals surface area contributed by atoms with Gasteiger partial charge >= 0.3 is 7.32 Å². The summed E-state index contributed by atoms with van der Waals surface area (Å²) in [5.41, 5.74) is 0. The molecule has 126 valence electrons. The third-order valence-corrected chi connectivity index (χ3v) is 3.17. The molecule has 0 radical (unpaired) electrons. The maximum Gasteiger partial charge on any atom is 0.639 e. The van der Waals surface area contributed by atoms with Gasteiger partial charge in [-0.25, -0.2) is 0 Å². The minimum absolute atomic E-state index is 0.531. The van der Waals surface area contributed by atoms with Crippen molar-refractivity contribution in [1.29, 1.82) is 0 Å². The molecule has 0 aliphatic rings. The van der Waals surface area contributed by atoms with Gasteiger partial charge < -0.3 is 14.0 Å². The van der Waals surface area contributed by atoms with Gasteiger partial charge in [0.25, 0.3) is 0 Å². The fourth-order valence-corrected chi connectivity index (χ4v) is 1.86. The van der Waals surface area contributed by atoms with Gasteiger partial charge in [-0.2, -0.15) is 0 Å². The van der Waals surface area contributed by atoms with Crippen molar-refractivity contribution in [2.45, 2.75) is 57.8 Å². The molecule has 0 rings (SSSR count). The van der Waals surface area contributed by atoms with E-state index in [1.165, 1.54) is 0 Å². The van der Waals surface area contributed by atoms with Crippen molar-refractivity contribution in [3.8, 4) is 0 Å². The van der Waals surface area contributed by atoms with Crippen LogP contribution in [-0.2, 0) is 14.0 Å². The molecule has 3 nitrogen and oxygen atoms in total. The van der Waals surface area contributed by atoms with E-state index in [-0.39, 0.29) is 0 Å². The van der Waals surface area contributed by atoms with Gasteiger partial charge in [-0.15, -0.1) is 19.7 Å². The Morgan fingerprint density at radius 3 is 1.14 bits per heavy atom. The Labute approximate surface area is 137 Å². The van der Waals surface area contributed by atoms with E-state index in [2.05, 4.69) is 19.7 Å². The van der Waals surface area contributed by atoms with Crippen LogP contribution in [0.5, 0.6) is 0 Å². The van der Waals surface area contributed by atoms with E-state index < -0.39 is 7.32 Å². The maximum atomic E-state index is 5.68. The predicted octanol–water partition coefficient (Wildman–Crippen LogP) is 5.09. The largest absolute Gasteiger partial charge is 0.639 e. The quantitative estimate of drug-likeness (QED) is 0.200. The molecule has 0 spiro atoms. The summed E-state index contributed by atoms with van der Waals surface area (Å²) < 4.78 is 17.0. The van der Waals surface area contributed by atoms with Crippen LogP contribution in [0.3, 0.4) is 0 Å². The van der Waals surface area contributed by atoms with E-state index in [1.54, 1.807) is 0 Å².